The standard InChI is InChI=1S/C20H21F3N6O3S/c21-20(22,23)10-1-5-12(6-2-10)33-19-25-17(24-11-3-4-11)14-18(26-19)29(28-27-14)13-7-9(8-30)15(31)16(13)32/h1-2,5-6,9,11,13,15-16,30-32H,3-4,7-8H2,(H,24,25,26)/t9?,13?,15-,16?/m1/s1. The first-order valence-electron chi connectivity index (χ1n) is 10.5. The van der Waals surface area contributed by atoms with E-state index >= 15 is 0 Å². The average molecular weight is 482 g/mol. The van der Waals surface area contributed by atoms with Crippen LogP contribution >= 0.6 is 11.8 Å². The van der Waals surface area contributed by atoms with Crippen LogP contribution in [0.4, 0.5) is 19.0 Å². The Hall–Kier alpha value is -2.48. The lowest BCUT2D eigenvalue weighted by atomic mass is 10.1. The molecule has 1 aromatic carbocycles. The molecule has 2 aromatic heterocycles. The Bertz CT molecular complexity index is 1150. The van der Waals surface area contributed by atoms with Gasteiger partial charge in [0.1, 0.15) is 6.10 Å². The topological polar surface area (TPSA) is 129 Å². The third-order valence-electron chi connectivity index (χ3n) is 5.93. The van der Waals surface area contributed by atoms with Gasteiger partial charge in [0.25, 0.3) is 0 Å². The van der Waals surface area contributed by atoms with Crippen LogP contribution < -0.4 is 5.32 Å². The Kier molecular flexibility index (Phi) is 5.67. The Morgan fingerprint density at radius 3 is 2.42 bits per heavy atom. The van der Waals surface area contributed by atoms with Crippen LogP contribution in [0.25, 0.3) is 11.2 Å². The van der Waals surface area contributed by atoms with Gasteiger partial charge in [-0.1, -0.05) is 5.21 Å². The number of halogens is 3. The van der Waals surface area contributed by atoms with Crippen molar-refractivity contribution >= 4 is 28.7 Å². The molecule has 0 aliphatic heterocycles. The van der Waals surface area contributed by atoms with Crippen molar-refractivity contribution in [3.63, 3.8) is 0 Å². The number of hydrogen-bond donors (Lipinski definition) is 4. The van der Waals surface area contributed by atoms with Gasteiger partial charge in [-0.25, -0.2) is 14.6 Å². The number of aliphatic hydroxyl groups excluding tert-OH is 3. The average Bonchev–Trinajstić information content (AvgIpc) is 3.42. The summed E-state index contributed by atoms with van der Waals surface area (Å²) in [5, 5.41) is 42.1. The molecule has 2 saturated carbocycles. The van der Waals surface area contributed by atoms with Gasteiger partial charge in [0.05, 0.1) is 17.7 Å². The summed E-state index contributed by atoms with van der Waals surface area (Å²) in [4.78, 5) is 9.54. The van der Waals surface area contributed by atoms with E-state index in [0.29, 0.717) is 21.9 Å². The zero-order valence-corrected chi connectivity index (χ0v) is 18.0. The molecule has 2 aliphatic rings. The van der Waals surface area contributed by atoms with Crippen LogP contribution in [-0.4, -0.2) is 65.1 Å². The minimum absolute atomic E-state index is 0.245. The maximum atomic E-state index is 12.9. The third-order valence-corrected chi connectivity index (χ3v) is 6.81. The van der Waals surface area contributed by atoms with Crippen molar-refractivity contribution in [1.29, 1.82) is 0 Å². The summed E-state index contributed by atoms with van der Waals surface area (Å²) in [6.07, 6.45) is -4.44. The number of alkyl halides is 3. The lowest BCUT2D eigenvalue weighted by Crippen LogP contribution is -2.30. The van der Waals surface area contributed by atoms with Gasteiger partial charge < -0.3 is 20.6 Å². The minimum atomic E-state index is -4.42. The minimum Gasteiger partial charge on any atom is -0.396 e. The first kappa shape index (κ1) is 22.3. The van der Waals surface area contributed by atoms with Crippen molar-refractivity contribution in [3.8, 4) is 0 Å². The van der Waals surface area contributed by atoms with E-state index < -0.39 is 35.9 Å². The molecule has 176 valence electrons. The number of nitrogens with one attached hydrogen (secondary N) is 1. The van der Waals surface area contributed by atoms with Crippen LogP contribution in [0.5, 0.6) is 0 Å². The molecular weight excluding hydrogens is 461 g/mol. The van der Waals surface area contributed by atoms with Gasteiger partial charge in [-0.15, -0.1) is 5.10 Å². The first-order chi connectivity index (χ1) is 15.7. The highest BCUT2D eigenvalue weighted by molar-refractivity contribution is 7.99. The van der Waals surface area contributed by atoms with Crippen molar-refractivity contribution < 1.29 is 28.5 Å². The fraction of sp³-hybridized carbons (Fsp3) is 0.500. The van der Waals surface area contributed by atoms with Crippen molar-refractivity contribution in [1.82, 2.24) is 25.0 Å². The molecule has 2 fully saturated rings. The van der Waals surface area contributed by atoms with Gasteiger partial charge in [0.15, 0.2) is 22.1 Å². The summed E-state index contributed by atoms with van der Waals surface area (Å²) in [6, 6.07) is 4.31. The molecule has 9 nitrogen and oxygen atoms in total. The molecule has 2 aliphatic carbocycles. The SMILES string of the molecule is OCC1CC(n2nnc3c(NC4CC4)nc(Sc4ccc(C(F)(F)F)cc4)nc32)C(O)[C@@H]1O. The number of nitrogens with zero attached hydrogens (tertiary/aromatic N) is 5. The number of benzene rings is 1. The predicted octanol–water partition coefficient (Wildman–Crippen LogP) is 2.24. The van der Waals surface area contributed by atoms with Crippen molar-refractivity contribution in [2.24, 2.45) is 5.92 Å². The summed E-state index contributed by atoms with van der Waals surface area (Å²) < 4.78 is 40.0. The highest BCUT2D eigenvalue weighted by Crippen LogP contribution is 2.38. The molecule has 0 spiro atoms. The van der Waals surface area contributed by atoms with E-state index in [9.17, 15) is 28.5 Å². The molecule has 0 amide bonds. The summed E-state index contributed by atoms with van der Waals surface area (Å²) in [5.74, 6) is -0.0500. The molecule has 0 bridgehead atoms. The fourth-order valence-corrected chi connectivity index (χ4v) is 4.69. The van der Waals surface area contributed by atoms with Crippen LogP contribution in [0.15, 0.2) is 34.3 Å². The number of aromatic nitrogens is 5. The Balaban J connectivity index is 1.51. The molecular formula is C20H21F3N6O3S. The van der Waals surface area contributed by atoms with E-state index in [1.165, 1.54) is 16.8 Å². The second-order valence-corrected chi connectivity index (χ2v) is 9.37. The molecule has 5 rings (SSSR count). The monoisotopic (exact) mass is 482 g/mol. The van der Waals surface area contributed by atoms with Gasteiger partial charge in [-0.2, -0.15) is 13.2 Å². The summed E-state index contributed by atoms with van der Waals surface area (Å²) in [5.41, 5.74) is -0.0148. The van der Waals surface area contributed by atoms with Gasteiger partial charge in [-0.3, -0.25) is 0 Å². The number of anilines is 1. The van der Waals surface area contributed by atoms with Gasteiger partial charge in [-0.05, 0) is 55.3 Å². The lowest BCUT2D eigenvalue weighted by molar-refractivity contribution is -0.137. The second kappa shape index (κ2) is 8.38. The van der Waals surface area contributed by atoms with Crippen molar-refractivity contribution in [2.45, 2.75) is 59.8 Å². The Morgan fingerprint density at radius 2 is 1.82 bits per heavy atom. The quantitative estimate of drug-likeness (QED) is 0.391. The van der Waals surface area contributed by atoms with Crippen LogP contribution in [0, 0.1) is 5.92 Å². The maximum Gasteiger partial charge on any atom is 0.416 e. The normalized spacial score (nSPS) is 25.6. The van der Waals surface area contributed by atoms with Gasteiger partial charge >= 0.3 is 6.18 Å². The largest absolute Gasteiger partial charge is 0.416 e. The van der Waals surface area contributed by atoms with Gasteiger partial charge in [0.2, 0.25) is 0 Å². The smallest absolute Gasteiger partial charge is 0.396 e. The number of hydrogen-bond acceptors (Lipinski definition) is 9. The van der Waals surface area contributed by atoms with E-state index in [1.807, 2.05) is 0 Å². The van der Waals surface area contributed by atoms with E-state index in [4.69, 9.17) is 0 Å². The summed E-state index contributed by atoms with van der Waals surface area (Å²) in [6.45, 7) is -0.278. The molecule has 0 saturated heterocycles. The van der Waals surface area contributed by atoms with Crippen LogP contribution in [0.3, 0.4) is 0 Å². The zero-order chi connectivity index (χ0) is 23.3. The second-order valence-electron chi connectivity index (χ2n) is 8.33. The number of aliphatic hydroxyl groups is 3. The molecule has 4 N–H and O–H groups in total. The summed E-state index contributed by atoms with van der Waals surface area (Å²) >= 11 is 1.09. The van der Waals surface area contributed by atoms with Crippen LogP contribution in [0.1, 0.15) is 30.9 Å². The first-order valence-corrected chi connectivity index (χ1v) is 11.3. The van der Waals surface area contributed by atoms with E-state index in [1.54, 1.807) is 0 Å². The number of rotatable bonds is 6. The van der Waals surface area contributed by atoms with E-state index in [2.05, 4.69) is 25.6 Å². The van der Waals surface area contributed by atoms with E-state index in [0.717, 1.165) is 36.7 Å². The lowest BCUT2D eigenvalue weighted by Gasteiger charge is -2.17. The van der Waals surface area contributed by atoms with Crippen LogP contribution in [-0.2, 0) is 6.18 Å². The van der Waals surface area contributed by atoms with Gasteiger partial charge in [0, 0.05) is 23.5 Å². The van der Waals surface area contributed by atoms with Crippen molar-refractivity contribution in [3.05, 3.63) is 29.8 Å². The summed E-state index contributed by atoms with van der Waals surface area (Å²) in [7, 11) is 0. The molecule has 3 aromatic rings. The molecule has 0 radical (unpaired) electrons. The Labute approximate surface area is 190 Å². The van der Waals surface area contributed by atoms with Crippen LogP contribution in [0.2, 0.25) is 0 Å². The third kappa shape index (κ3) is 4.37. The molecule has 13 heteroatoms. The zero-order valence-electron chi connectivity index (χ0n) is 17.1. The Morgan fingerprint density at radius 1 is 1.09 bits per heavy atom. The molecule has 3 unspecified atom stereocenters. The molecule has 4 atom stereocenters. The molecule has 33 heavy (non-hydrogen) atoms. The number of fused-ring (bicyclic) bond motifs is 1. The highest BCUT2D eigenvalue weighted by Gasteiger charge is 2.43. The maximum absolute atomic E-state index is 12.9. The van der Waals surface area contributed by atoms with Crippen molar-refractivity contribution in [2.75, 3.05) is 11.9 Å². The molecule has 2 heterocycles. The predicted molar refractivity (Wildman–Crippen MR) is 112 cm³/mol. The highest BCUT2D eigenvalue weighted by atomic mass is 32.2. The van der Waals surface area contributed by atoms with E-state index in [-0.39, 0.29) is 24.2 Å². The fourth-order valence-electron chi connectivity index (χ4n) is 3.94.